The normalized spacial score (nSPS) is 18.1. The van der Waals surface area contributed by atoms with Crippen molar-refractivity contribution >= 4 is 19.6 Å². The quantitative estimate of drug-likeness (QED) is 0.776. The Morgan fingerprint density at radius 2 is 1.65 bits per heavy atom. The third-order valence-corrected chi connectivity index (χ3v) is 5.43. The van der Waals surface area contributed by atoms with Crippen LogP contribution >= 0.6 is 0 Å². The fraction of sp³-hybridized carbons (Fsp3) is 0.133. The van der Waals surface area contributed by atoms with Crippen molar-refractivity contribution in [1.82, 2.24) is 0 Å². The van der Waals surface area contributed by atoms with E-state index in [2.05, 4.69) is 30.3 Å². The number of carbonyl (C=O) groups excluding carboxylic acids is 1. The molecule has 0 saturated heterocycles. The number of fused-ring (bicyclic) bond motifs is 1. The third-order valence-electron chi connectivity index (χ3n) is 3.04. The van der Waals surface area contributed by atoms with Crippen molar-refractivity contribution < 1.29 is 4.79 Å². The number of rotatable bonds is 2. The fourth-order valence-electron chi connectivity index (χ4n) is 2.20. The molecule has 0 spiro atoms. The summed E-state index contributed by atoms with van der Waals surface area (Å²) in [4.78, 5) is 12.3. The zero-order valence-electron chi connectivity index (χ0n) is 9.30. The van der Waals surface area contributed by atoms with Crippen molar-refractivity contribution in [3.8, 4) is 0 Å². The molecule has 84 valence electrons. The summed E-state index contributed by atoms with van der Waals surface area (Å²) in [5, 5.41) is 0. The summed E-state index contributed by atoms with van der Waals surface area (Å²) in [6, 6.07) is 18.5. The van der Waals surface area contributed by atoms with Crippen molar-refractivity contribution in [1.29, 1.82) is 0 Å². The zero-order valence-corrected chi connectivity index (χ0v) is 11.0. The first-order valence-electron chi connectivity index (χ1n) is 5.68. The maximum absolute atomic E-state index is 11.9. The second-order valence-corrected chi connectivity index (χ2v) is 6.64. The summed E-state index contributed by atoms with van der Waals surface area (Å²) in [6.45, 7) is 0. The van der Waals surface area contributed by atoms with Gasteiger partial charge in [0.25, 0.3) is 0 Å². The fourth-order valence-corrected chi connectivity index (χ4v) is 4.67. The third kappa shape index (κ3) is 2.06. The number of benzene rings is 2. The monoisotopic (exact) mass is 288 g/mol. The Hall–Kier alpha value is -1.37. The molecule has 2 aromatic carbocycles. The molecular weight excluding hydrogens is 275 g/mol. The summed E-state index contributed by atoms with van der Waals surface area (Å²) >= 11 is 0.0690. The van der Waals surface area contributed by atoms with Crippen molar-refractivity contribution in [3.63, 3.8) is 0 Å². The van der Waals surface area contributed by atoms with Crippen LogP contribution in [0.15, 0.2) is 54.6 Å². The zero-order chi connectivity index (χ0) is 11.7. The molecule has 1 heterocycles. The Kier molecular flexibility index (Phi) is 2.84. The van der Waals surface area contributed by atoms with Crippen LogP contribution in [0, 0.1) is 0 Å². The van der Waals surface area contributed by atoms with E-state index in [0.717, 1.165) is 12.0 Å². The summed E-state index contributed by atoms with van der Waals surface area (Å²) in [6.07, 6.45) is 0.990. The summed E-state index contributed by atoms with van der Waals surface area (Å²) in [7, 11) is 0. The molecule has 1 aliphatic heterocycles. The molecule has 1 aliphatic rings. The van der Waals surface area contributed by atoms with Gasteiger partial charge in [-0.05, 0) is 0 Å². The number of carbonyl (C=O) groups is 1. The Balaban J connectivity index is 1.90. The van der Waals surface area contributed by atoms with Crippen LogP contribution in [0.5, 0.6) is 0 Å². The SMILES string of the molecule is O=C1[Se]C(Cc2ccccc2)c2ccccc21. The molecule has 0 radical (unpaired) electrons. The van der Waals surface area contributed by atoms with Crippen molar-refractivity contribution in [2.45, 2.75) is 11.2 Å². The molecule has 0 N–H and O–H groups in total. The molecule has 1 unspecified atom stereocenters. The van der Waals surface area contributed by atoms with Crippen LogP contribution in [-0.2, 0) is 6.42 Å². The van der Waals surface area contributed by atoms with Gasteiger partial charge in [0.05, 0.1) is 0 Å². The van der Waals surface area contributed by atoms with Crippen LogP contribution in [0.4, 0.5) is 0 Å². The van der Waals surface area contributed by atoms with Gasteiger partial charge in [0, 0.05) is 0 Å². The van der Waals surface area contributed by atoms with Gasteiger partial charge in [0.1, 0.15) is 0 Å². The summed E-state index contributed by atoms with van der Waals surface area (Å²) < 4.78 is 0.356. The number of hydrogen-bond acceptors (Lipinski definition) is 1. The van der Waals surface area contributed by atoms with Gasteiger partial charge in [-0.1, -0.05) is 0 Å². The van der Waals surface area contributed by atoms with Crippen LogP contribution in [0.25, 0.3) is 0 Å². The predicted molar refractivity (Wildman–Crippen MR) is 69.4 cm³/mol. The molecule has 17 heavy (non-hydrogen) atoms. The standard InChI is InChI=1S/C15H12OSe/c16-15-13-9-5-4-8-12(13)14(17-15)10-11-6-2-1-3-7-11/h1-9,14H,10H2. The molecule has 0 fully saturated rings. The molecule has 0 amide bonds. The first kappa shape index (κ1) is 10.8. The van der Waals surface area contributed by atoms with E-state index in [4.69, 9.17) is 0 Å². The average Bonchev–Trinajstić information content (AvgIpc) is 2.69. The van der Waals surface area contributed by atoms with Crippen molar-refractivity contribution in [2.75, 3.05) is 0 Å². The molecule has 2 heteroatoms. The molecule has 2 aromatic rings. The van der Waals surface area contributed by atoms with Crippen LogP contribution in [0.3, 0.4) is 0 Å². The summed E-state index contributed by atoms with van der Waals surface area (Å²) in [5.74, 6) is 0. The topological polar surface area (TPSA) is 17.1 Å². The Morgan fingerprint density at radius 3 is 2.47 bits per heavy atom. The van der Waals surface area contributed by atoms with Gasteiger partial charge >= 0.3 is 107 Å². The van der Waals surface area contributed by atoms with Gasteiger partial charge in [0.15, 0.2) is 0 Å². The van der Waals surface area contributed by atoms with Crippen LogP contribution in [0.2, 0.25) is 0 Å². The van der Waals surface area contributed by atoms with Gasteiger partial charge in [-0.2, -0.15) is 0 Å². The van der Waals surface area contributed by atoms with Crippen molar-refractivity contribution in [2.24, 2.45) is 0 Å². The van der Waals surface area contributed by atoms with Gasteiger partial charge in [-0.15, -0.1) is 0 Å². The molecule has 1 nitrogen and oxygen atoms in total. The van der Waals surface area contributed by atoms with Gasteiger partial charge in [-0.25, -0.2) is 0 Å². The van der Waals surface area contributed by atoms with E-state index < -0.39 is 0 Å². The van der Waals surface area contributed by atoms with E-state index in [1.165, 1.54) is 11.1 Å². The minimum absolute atomic E-state index is 0.0690. The van der Waals surface area contributed by atoms with E-state index in [-0.39, 0.29) is 15.0 Å². The molecule has 0 aromatic heterocycles. The number of hydrogen-bond donors (Lipinski definition) is 0. The van der Waals surface area contributed by atoms with Gasteiger partial charge in [-0.3, -0.25) is 0 Å². The van der Waals surface area contributed by atoms with Crippen molar-refractivity contribution in [3.05, 3.63) is 71.3 Å². The molecule has 3 rings (SSSR count). The molecular formula is C15H12OSe. The molecule has 0 saturated carbocycles. The first-order chi connectivity index (χ1) is 8.34. The Bertz CT molecular complexity index is 548. The average molecular weight is 287 g/mol. The van der Waals surface area contributed by atoms with Crippen LogP contribution in [-0.4, -0.2) is 19.6 Å². The molecule has 0 aliphatic carbocycles. The van der Waals surface area contributed by atoms with Gasteiger partial charge in [0.2, 0.25) is 0 Å². The first-order valence-corrected chi connectivity index (χ1v) is 7.53. The van der Waals surface area contributed by atoms with Crippen LogP contribution < -0.4 is 0 Å². The van der Waals surface area contributed by atoms with E-state index in [1.54, 1.807) is 0 Å². The predicted octanol–water partition coefficient (Wildman–Crippen LogP) is 2.83. The summed E-state index contributed by atoms with van der Waals surface area (Å²) in [5.41, 5.74) is 3.53. The molecule has 0 bridgehead atoms. The molecule has 1 atom stereocenters. The second kappa shape index (κ2) is 4.48. The second-order valence-electron chi connectivity index (χ2n) is 4.17. The minimum atomic E-state index is 0.0690. The Labute approximate surface area is 107 Å². The Morgan fingerprint density at radius 1 is 0.941 bits per heavy atom. The van der Waals surface area contributed by atoms with Gasteiger partial charge < -0.3 is 0 Å². The van der Waals surface area contributed by atoms with E-state index in [0.29, 0.717) is 9.50 Å². The van der Waals surface area contributed by atoms with E-state index >= 15 is 0 Å². The van der Waals surface area contributed by atoms with E-state index in [9.17, 15) is 4.79 Å². The van der Waals surface area contributed by atoms with Crippen LogP contribution in [0.1, 0.15) is 26.3 Å². The van der Waals surface area contributed by atoms with E-state index in [1.807, 2.05) is 24.3 Å². The maximum atomic E-state index is 11.9.